The van der Waals surface area contributed by atoms with Crippen molar-refractivity contribution in [1.29, 1.82) is 0 Å². The van der Waals surface area contributed by atoms with Gasteiger partial charge in [0.05, 0.1) is 33.7 Å². The van der Waals surface area contributed by atoms with Crippen LogP contribution in [-0.4, -0.2) is 45.0 Å². The number of fused-ring (bicyclic) bond motifs is 1. The molecule has 172 valence electrons. The van der Waals surface area contributed by atoms with Gasteiger partial charge in [0.25, 0.3) is 0 Å². The summed E-state index contributed by atoms with van der Waals surface area (Å²) in [7, 11) is 0. The first kappa shape index (κ1) is 21.2. The van der Waals surface area contributed by atoms with Gasteiger partial charge in [-0.25, -0.2) is 14.6 Å². The first-order valence-corrected chi connectivity index (χ1v) is 12.3. The topological polar surface area (TPSA) is 68.1 Å². The standard InChI is InChI=1S/C24H26Cl2N6O/c1-15-3-4-20(15)32-22(26)19(14-28-32)30-23-27-13-16-11-17(25)21(12-18(16)29-23)31-8-6-24(7-9-31)5-2-10-33-24/h11-14H,2-10H2,1H3,(H,27,29,30). The average molecular weight is 485 g/mol. The lowest BCUT2D eigenvalue weighted by Crippen LogP contribution is -2.44. The van der Waals surface area contributed by atoms with Gasteiger partial charge in [0.1, 0.15) is 0 Å². The van der Waals surface area contributed by atoms with Gasteiger partial charge >= 0.3 is 0 Å². The second-order valence-corrected chi connectivity index (χ2v) is 10.1. The van der Waals surface area contributed by atoms with Crippen LogP contribution in [0, 0.1) is 0 Å². The summed E-state index contributed by atoms with van der Waals surface area (Å²) >= 11 is 13.2. The fourth-order valence-electron chi connectivity index (χ4n) is 5.15. The molecule has 0 unspecified atom stereocenters. The molecule has 9 heteroatoms. The Balaban J connectivity index is 1.25. The van der Waals surface area contributed by atoms with Gasteiger partial charge in [0, 0.05) is 37.0 Å². The third-order valence-corrected chi connectivity index (χ3v) is 7.96. The van der Waals surface area contributed by atoms with Crippen molar-refractivity contribution < 1.29 is 4.74 Å². The van der Waals surface area contributed by atoms with E-state index in [-0.39, 0.29) is 5.60 Å². The molecule has 4 heterocycles. The Bertz CT molecular complexity index is 1250. The van der Waals surface area contributed by atoms with Crippen LogP contribution in [0.15, 0.2) is 30.1 Å². The number of rotatable bonds is 4. The number of anilines is 3. The fourth-order valence-corrected chi connectivity index (χ4v) is 5.68. The van der Waals surface area contributed by atoms with Crippen molar-refractivity contribution in [3.63, 3.8) is 0 Å². The Morgan fingerprint density at radius 2 is 1.94 bits per heavy atom. The van der Waals surface area contributed by atoms with Gasteiger partial charge in [-0.15, -0.1) is 0 Å². The Morgan fingerprint density at radius 1 is 1.09 bits per heavy atom. The maximum atomic E-state index is 6.66. The molecule has 0 saturated carbocycles. The van der Waals surface area contributed by atoms with E-state index in [4.69, 9.17) is 32.9 Å². The highest BCUT2D eigenvalue weighted by atomic mass is 35.5. The number of benzene rings is 1. The quantitative estimate of drug-likeness (QED) is 0.485. The number of halogens is 2. The Kier molecular flexibility index (Phi) is 5.24. The van der Waals surface area contributed by atoms with E-state index in [0.717, 1.165) is 72.7 Å². The number of allylic oxidation sites excluding steroid dienone is 2. The molecule has 2 fully saturated rings. The van der Waals surface area contributed by atoms with Crippen LogP contribution in [0.25, 0.3) is 16.6 Å². The van der Waals surface area contributed by atoms with Gasteiger partial charge in [-0.2, -0.15) is 5.10 Å². The minimum absolute atomic E-state index is 0.0802. The normalized spacial score (nSPS) is 20.0. The van der Waals surface area contributed by atoms with E-state index in [9.17, 15) is 0 Å². The second-order valence-electron chi connectivity index (χ2n) is 9.29. The van der Waals surface area contributed by atoms with Crippen LogP contribution >= 0.6 is 23.2 Å². The van der Waals surface area contributed by atoms with E-state index < -0.39 is 0 Å². The van der Waals surface area contributed by atoms with E-state index in [2.05, 4.69) is 33.3 Å². The van der Waals surface area contributed by atoms with Crippen molar-refractivity contribution in [2.45, 2.75) is 51.0 Å². The van der Waals surface area contributed by atoms with Gasteiger partial charge in [0.15, 0.2) is 5.15 Å². The molecule has 3 aliphatic rings. The van der Waals surface area contributed by atoms with E-state index in [1.54, 1.807) is 17.1 Å². The molecule has 0 amide bonds. The molecule has 1 aliphatic carbocycles. The molecule has 33 heavy (non-hydrogen) atoms. The van der Waals surface area contributed by atoms with Crippen molar-refractivity contribution in [1.82, 2.24) is 19.7 Å². The molecular formula is C24H26Cl2N6O. The molecule has 6 rings (SSSR count). The van der Waals surface area contributed by atoms with Gasteiger partial charge < -0.3 is 15.0 Å². The SMILES string of the molecule is CC1=C(n2ncc(Nc3ncc4cc(Cl)c(N5CCC6(CCCO6)CC5)cc4n3)c2Cl)CC1. The molecule has 2 aromatic heterocycles. The average Bonchev–Trinajstić information content (AvgIpc) is 3.41. The summed E-state index contributed by atoms with van der Waals surface area (Å²) in [6.07, 6.45) is 10.0. The highest BCUT2D eigenvalue weighted by Gasteiger charge is 2.38. The molecule has 1 N–H and O–H groups in total. The molecule has 1 aromatic carbocycles. The zero-order chi connectivity index (χ0) is 22.6. The molecule has 7 nitrogen and oxygen atoms in total. The first-order chi connectivity index (χ1) is 16.0. The summed E-state index contributed by atoms with van der Waals surface area (Å²) in [4.78, 5) is 11.5. The minimum Gasteiger partial charge on any atom is -0.375 e. The van der Waals surface area contributed by atoms with Crippen LogP contribution in [0.5, 0.6) is 0 Å². The van der Waals surface area contributed by atoms with Crippen LogP contribution in [0.3, 0.4) is 0 Å². The van der Waals surface area contributed by atoms with Gasteiger partial charge in [-0.3, -0.25) is 0 Å². The summed E-state index contributed by atoms with van der Waals surface area (Å²) < 4.78 is 7.86. The number of piperidine rings is 1. The number of hydrogen-bond acceptors (Lipinski definition) is 6. The summed E-state index contributed by atoms with van der Waals surface area (Å²) in [6.45, 7) is 4.88. The Morgan fingerprint density at radius 3 is 2.64 bits per heavy atom. The second kappa shape index (κ2) is 8.15. The fraction of sp³-hybridized carbons (Fsp3) is 0.458. The van der Waals surface area contributed by atoms with Crippen LogP contribution in [0.4, 0.5) is 17.3 Å². The van der Waals surface area contributed by atoms with Crippen molar-refractivity contribution in [3.8, 4) is 0 Å². The smallest absolute Gasteiger partial charge is 0.227 e. The number of nitrogens with one attached hydrogen (secondary N) is 1. The van der Waals surface area contributed by atoms with E-state index >= 15 is 0 Å². The van der Waals surface area contributed by atoms with Gasteiger partial charge in [-0.05, 0) is 57.6 Å². The highest BCUT2D eigenvalue weighted by Crippen LogP contribution is 2.40. The molecule has 0 atom stereocenters. The van der Waals surface area contributed by atoms with Gasteiger partial charge in [-0.1, -0.05) is 28.8 Å². The molecule has 2 saturated heterocycles. The maximum absolute atomic E-state index is 6.66. The first-order valence-electron chi connectivity index (χ1n) is 11.6. The molecule has 1 spiro atoms. The van der Waals surface area contributed by atoms with Crippen molar-refractivity contribution in [2.75, 3.05) is 29.9 Å². The highest BCUT2D eigenvalue weighted by molar-refractivity contribution is 6.34. The lowest BCUT2D eigenvalue weighted by atomic mass is 9.88. The molecule has 0 bridgehead atoms. The largest absolute Gasteiger partial charge is 0.375 e. The summed E-state index contributed by atoms with van der Waals surface area (Å²) in [5.74, 6) is 0.480. The molecular weight excluding hydrogens is 459 g/mol. The predicted octanol–water partition coefficient (Wildman–Crippen LogP) is 6.05. The van der Waals surface area contributed by atoms with Crippen LogP contribution in [0.2, 0.25) is 10.2 Å². The van der Waals surface area contributed by atoms with E-state index in [0.29, 0.717) is 16.8 Å². The van der Waals surface area contributed by atoms with E-state index in [1.165, 1.54) is 18.4 Å². The van der Waals surface area contributed by atoms with Gasteiger partial charge in [0.2, 0.25) is 5.95 Å². The molecule has 3 aromatic rings. The zero-order valence-corrected chi connectivity index (χ0v) is 20.1. The lowest BCUT2D eigenvalue weighted by Gasteiger charge is -2.40. The summed E-state index contributed by atoms with van der Waals surface area (Å²) in [5, 5.41) is 9.83. The summed E-state index contributed by atoms with van der Waals surface area (Å²) in [5.41, 5.74) is 5.11. The molecule has 0 radical (unpaired) electrons. The predicted molar refractivity (Wildman–Crippen MR) is 133 cm³/mol. The Labute approximate surface area is 202 Å². The van der Waals surface area contributed by atoms with Crippen molar-refractivity contribution >= 4 is 57.1 Å². The van der Waals surface area contributed by atoms with Crippen LogP contribution in [0.1, 0.15) is 45.4 Å². The van der Waals surface area contributed by atoms with Crippen LogP contribution < -0.4 is 10.2 Å². The van der Waals surface area contributed by atoms with Crippen LogP contribution in [-0.2, 0) is 4.74 Å². The molecule has 2 aliphatic heterocycles. The van der Waals surface area contributed by atoms with E-state index in [1.807, 2.05) is 6.07 Å². The third kappa shape index (κ3) is 3.76. The Hall–Kier alpha value is -2.35. The van der Waals surface area contributed by atoms with Crippen molar-refractivity contribution in [3.05, 3.63) is 40.3 Å². The summed E-state index contributed by atoms with van der Waals surface area (Å²) in [6, 6.07) is 4.01. The number of ether oxygens (including phenoxy) is 1. The zero-order valence-electron chi connectivity index (χ0n) is 18.6. The number of nitrogens with zero attached hydrogens (tertiary/aromatic N) is 5. The third-order valence-electron chi connectivity index (χ3n) is 7.29. The monoisotopic (exact) mass is 484 g/mol. The maximum Gasteiger partial charge on any atom is 0.227 e. The van der Waals surface area contributed by atoms with Crippen molar-refractivity contribution in [2.24, 2.45) is 0 Å². The number of hydrogen-bond donors (Lipinski definition) is 1. The number of aromatic nitrogens is 4. The lowest BCUT2D eigenvalue weighted by molar-refractivity contribution is -0.0146. The minimum atomic E-state index is 0.0802.